The Morgan fingerprint density at radius 3 is 3.00 bits per heavy atom. The van der Waals surface area contributed by atoms with Crippen molar-refractivity contribution in [3.05, 3.63) is 60.3 Å². The van der Waals surface area contributed by atoms with Gasteiger partial charge in [0.2, 0.25) is 6.79 Å². The number of amides is 1. The zero-order valence-electron chi connectivity index (χ0n) is 14.6. The van der Waals surface area contributed by atoms with E-state index < -0.39 is 6.10 Å². The van der Waals surface area contributed by atoms with E-state index in [4.69, 9.17) is 14.2 Å². The predicted octanol–water partition coefficient (Wildman–Crippen LogP) is 2.88. The monoisotopic (exact) mass is 363 g/mol. The molecular formula is C20H17N3O4. The van der Waals surface area contributed by atoms with Crippen molar-refractivity contribution >= 4 is 23.0 Å². The summed E-state index contributed by atoms with van der Waals surface area (Å²) in [6.45, 7) is 1.87. The lowest BCUT2D eigenvalue weighted by atomic mass is 10.2. The van der Waals surface area contributed by atoms with E-state index in [-0.39, 0.29) is 12.7 Å². The van der Waals surface area contributed by atoms with E-state index in [0.717, 1.165) is 10.9 Å². The summed E-state index contributed by atoms with van der Waals surface area (Å²) in [5, 5.41) is 4.92. The van der Waals surface area contributed by atoms with Crippen LogP contribution in [0.1, 0.15) is 12.5 Å². The maximum atomic E-state index is 12.2. The molecule has 0 unspecified atom stereocenters. The normalized spacial score (nSPS) is 13.7. The van der Waals surface area contributed by atoms with E-state index in [1.165, 1.54) is 6.21 Å². The van der Waals surface area contributed by atoms with Crippen LogP contribution in [0.25, 0.3) is 10.9 Å². The van der Waals surface area contributed by atoms with Crippen molar-refractivity contribution in [2.24, 2.45) is 5.10 Å². The third kappa shape index (κ3) is 3.67. The molecule has 1 N–H and O–H groups in total. The van der Waals surface area contributed by atoms with E-state index in [0.29, 0.717) is 22.8 Å². The summed E-state index contributed by atoms with van der Waals surface area (Å²) in [7, 11) is 0. The van der Waals surface area contributed by atoms with Gasteiger partial charge in [-0.3, -0.25) is 9.78 Å². The molecule has 3 aromatic rings. The SMILES string of the molecule is C[C@H](Oc1cccc2cccnc12)C(=O)N/N=C\c1ccc2c(c1)OCO2. The first kappa shape index (κ1) is 16.8. The first-order chi connectivity index (χ1) is 13.2. The molecule has 0 saturated heterocycles. The van der Waals surface area contributed by atoms with Crippen molar-refractivity contribution in [1.82, 2.24) is 10.4 Å². The van der Waals surface area contributed by atoms with Crippen LogP contribution in [0.3, 0.4) is 0 Å². The number of pyridine rings is 1. The van der Waals surface area contributed by atoms with Gasteiger partial charge in [0.05, 0.1) is 6.21 Å². The number of benzene rings is 2. The molecule has 7 nitrogen and oxygen atoms in total. The van der Waals surface area contributed by atoms with Crippen LogP contribution in [0, 0.1) is 0 Å². The number of para-hydroxylation sites is 1. The van der Waals surface area contributed by atoms with Gasteiger partial charge in [0, 0.05) is 11.6 Å². The fourth-order valence-corrected chi connectivity index (χ4v) is 2.67. The summed E-state index contributed by atoms with van der Waals surface area (Å²) < 4.78 is 16.3. The molecular weight excluding hydrogens is 346 g/mol. The lowest BCUT2D eigenvalue weighted by Gasteiger charge is -2.14. The van der Waals surface area contributed by atoms with Crippen molar-refractivity contribution in [3.8, 4) is 17.2 Å². The molecule has 4 rings (SSSR count). The molecule has 27 heavy (non-hydrogen) atoms. The molecule has 0 spiro atoms. The van der Waals surface area contributed by atoms with E-state index in [2.05, 4.69) is 15.5 Å². The first-order valence-corrected chi connectivity index (χ1v) is 8.44. The number of nitrogens with one attached hydrogen (secondary N) is 1. The highest BCUT2D eigenvalue weighted by molar-refractivity contribution is 5.87. The number of carbonyl (C=O) groups is 1. The Balaban J connectivity index is 1.39. The summed E-state index contributed by atoms with van der Waals surface area (Å²) in [5.74, 6) is 1.54. The number of rotatable bonds is 5. The topological polar surface area (TPSA) is 82.0 Å². The van der Waals surface area contributed by atoms with Crippen LogP contribution in [-0.2, 0) is 4.79 Å². The summed E-state index contributed by atoms with van der Waals surface area (Å²) in [4.78, 5) is 16.6. The molecule has 1 aliphatic heterocycles. The van der Waals surface area contributed by atoms with E-state index in [1.807, 2.05) is 30.3 Å². The van der Waals surface area contributed by atoms with E-state index in [1.54, 1.807) is 31.3 Å². The molecule has 0 bridgehead atoms. The highest BCUT2D eigenvalue weighted by Gasteiger charge is 2.16. The summed E-state index contributed by atoms with van der Waals surface area (Å²) in [6, 6.07) is 14.8. The Labute approximate surface area is 155 Å². The van der Waals surface area contributed by atoms with Gasteiger partial charge in [-0.1, -0.05) is 18.2 Å². The molecule has 2 heterocycles. The lowest BCUT2D eigenvalue weighted by Crippen LogP contribution is -2.33. The van der Waals surface area contributed by atoms with E-state index >= 15 is 0 Å². The Morgan fingerprint density at radius 2 is 2.07 bits per heavy atom. The van der Waals surface area contributed by atoms with E-state index in [9.17, 15) is 4.79 Å². The molecule has 7 heteroatoms. The molecule has 1 amide bonds. The van der Waals surface area contributed by atoms with Crippen molar-refractivity contribution in [1.29, 1.82) is 0 Å². The van der Waals surface area contributed by atoms with Crippen molar-refractivity contribution < 1.29 is 19.0 Å². The number of aromatic nitrogens is 1. The van der Waals surface area contributed by atoms with Gasteiger partial charge in [0.15, 0.2) is 17.6 Å². The van der Waals surface area contributed by atoms with Crippen LogP contribution in [0.5, 0.6) is 17.2 Å². The molecule has 1 aliphatic rings. The second kappa shape index (κ2) is 7.33. The van der Waals surface area contributed by atoms with Crippen molar-refractivity contribution in [2.45, 2.75) is 13.0 Å². The fourth-order valence-electron chi connectivity index (χ4n) is 2.67. The van der Waals surface area contributed by atoms with Gasteiger partial charge in [-0.05, 0) is 42.8 Å². The summed E-state index contributed by atoms with van der Waals surface area (Å²) >= 11 is 0. The maximum absolute atomic E-state index is 12.2. The molecule has 1 aromatic heterocycles. The quantitative estimate of drug-likeness (QED) is 0.557. The molecule has 136 valence electrons. The number of hydrogen-bond acceptors (Lipinski definition) is 6. The smallest absolute Gasteiger partial charge is 0.280 e. The van der Waals surface area contributed by atoms with Gasteiger partial charge in [-0.2, -0.15) is 5.10 Å². The Morgan fingerprint density at radius 1 is 1.22 bits per heavy atom. The fraction of sp³-hybridized carbons (Fsp3) is 0.150. The standard InChI is InChI=1S/C20H17N3O4/c1-13(27-17-6-2-4-15-5-3-9-21-19(15)17)20(24)23-22-11-14-7-8-16-18(10-14)26-12-25-16/h2-11,13H,12H2,1H3,(H,23,24)/b22-11-/t13-/m0/s1. The third-order valence-electron chi connectivity index (χ3n) is 4.05. The van der Waals surface area contributed by atoms with Gasteiger partial charge < -0.3 is 14.2 Å². The van der Waals surface area contributed by atoms with Crippen LogP contribution in [0.15, 0.2) is 59.8 Å². The van der Waals surface area contributed by atoms with Gasteiger partial charge in [0.25, 0.3) is 5.91 Å². The van der Waals surface area contributed by atoms with Crippen LogP contribution in [-0.4, -0.2) is 30.0 Å². The number of hydrazone groups is 1. The number of fused-ring (bicyclic) bond motifs is 2. The number of ether oxygens (including phenoxy) is 3. The van der Waals surface area contributed by atoms with Gasteiger partial charge in [-0.15, -0.1) is 0 Å². The molecule has 1 atom stereocenters. The largest absolute Gasteiger partial charge is 0.479 e. The zero-order chi connectivity index (χ0) is 18.6. The summed E-state index contributed by atoms with van der Waals surface area (Å²) in [5.41, 5.74) is 3.98. The predicted molar refractivity (Wildman–Crippen MR) is 100 cm³/mol. The van der Waals surface area contributed by atoms with Crippen LogP contribution < -0.4 is 19.6 Å². The second-order valence-corrected chi connectivity index (χ2v) is 5.94. The minimum Gasteiger partial charge on any atom is -0.479 e. The molecule has 2 aromatic carbocycles. The average Bonchev–Trinajstić information content (AvgIpc) is 3.16. The number of carbonyl (C=O) groups excluding carboxylic acids is 1. The van der Waals surface area contributed by atoms with Crippen molar-refractivity contribution in [3.63, 3.8) is 0 Å². The molecule has 0 saturated carbocycles. The van der Waals surface area contributed by atoms with Crippen LogP contribution in [0.4, 0.5) is 0 Å². The Kier molecular flexibility index (Phi) is 4.57. The van der Waals surface area contributed by atoms with Gasteiger partial charge >= 0.3 is 0 Å². The molecule has 0 radical (unpaired) electrons. The first-order valence-electron chi connectivity index (χ1n) is 8.44. The Bertz CT molecular complexity index is 1010. The maximum Gasteiger partial charge on any atom is 0.280 e. The van der Waals surface area contributed by atoms with Crippen LogP contribution in [0.2, 0.25) is 0 Å². The second-order valence-electron chi connectivity index (χ2n) is 5.94. The number of nitrogens with zero attached hydrogens (tertiary/aromatic N) is 2. The Hall–Kier alpha value is -3.61. The molecule has 0 aliphatic carbocycles. The lowest BCUT2D eigenvalue weighted by molar-refractivity contribution is -0.127. The average molecular weight is 363 g/mol. The van der Waals surface area contributed by atoms with Gasteiger partial charge in [-0.25, -0.2) is 5.43 Å². The number of hydrogen-bond donors (Lipinski definition) is 1. The highest BCUT2D eigenvalue weighted by Crippen LogP contribution is 2.32. The minimum absolute atomic E-state index is 0.213. The summed E-state index contributed by atoms with van der Waals surface area (Å²) in [6.07, 6.45) is 2.49. The zero-order valence-corrected chi connectivity index (χ0v) is 14.6. The highest BCUT2D eigenvalue weighted by atomic mass is 16.7. The van der Waals surface area contributed by atoms with Crippen molar-refractivity contribution in [2.75, 3.05) is 6.79 Å². The molecule has 0 fully saturated rings. The minimum atomic E-state index is -0.730. The van der Waals surface area contributed by atoms with Gasteiger partial charge in [0.1, 0.15) is 11.3 Å². The third-order valence-corrected chi connectivity index (χ3v) is 4.05. The van der Waals surface area contributed by atoms with Crippen LogP contribution >= 0.6 is 0 Å².